The molecule has 0 radical (unpaired) electrons. The fraction of sp³-hybridized carbons (Fsp3) is 0.300. The van der Waals surface area contributed by atoms with E-state index in [1.54, 1.807) is 20.3 Å². The molecule has 1 atom stereocenters. The quantitative estimate of drug-likeness (QED) is 0.618. The van der Waals surface area contributed by atoms with Crippen molar-refractivity contribution < 1.29 is 18.9 Å². The first-order valence-electron chi connectivity index (χ1n) is 7.83. The number of benzene rings is 2. The standard InChI is InChI=1S/C20H24O4/c1-4-18(24-14-17-7-11-20(22-3)12-8-17)15-23-13-16-5-9-19(21-2)10-6-16/h4-12,18H,1,13-15H2,2-3H3. The van der Waals surface area contributed by atoms with E-state index in [9.17, 15) is 0 Å². The third kappa shape index (κ3) is 5.72. The van der Waals surface area contributed by atoms with Gasteiger partial charge in [-0.2, -0.15) is 0 Å². The maximum Gasteiger partial charge on any atom is 0.118 e. The molecule has 0 aliphatic carbocycles. The Balaban J connectivity index is 1.73. The van der Waals surface area contributed by atoms with Crippen molar-refractivity contribution in [2.45, 2.75) is 19.3 Å². The Morgan fingerprint density at radius 2 is 1.33 bits per heavy atom. The molecule has 4 heteroatoms. The number of methoxy groups -OCH3 is 2. The van der Waals surface area contributed by atoms with E-state index in [-0.39, 0.29) is 6.10 Å². The van der Waals surface area contributed by atoms with Crippen LogP contribution in [0.3, 0.4) is 0 Å². The molecule has 24 heavy (non-hydrogen) atoms. The van der Waals surface area contributed by atoms with Gasteiger partial charge in [0.2, 0.25) is 0 Å². The summed E-state index contributed by atoms with van der Waals surface area (Å²) in [5.41, 5.74) is 2.17. The fourth-order valence-electron chi connectivity index (χ4n) is 2.12. The van der Waals surface area contributed by atoms with Gasteiger partial charge in [0, 0.05) is 0 Å². The molecular weight excluding hydrogens is 304 g/mol. The molecule has 4 nitrogen and oxygen atoms in total. The van der Waals surface area contributed by atoms with Gasteiger partial charge in [0.05, 0.1) is 40.1 Å². The van der Waals surface area contributed by atoms with Crippen LogP contribution in [0.5, 0.6) is 11.5 Å². The molecule has 0 N–H and O–H groups in total. The van der Waals surface area contributed by atoms with E-state index in [1.165, 1.54) is 0 Å². The molecule has 2 aromatic carbocycles. The summed E-state index contributed by atoms with van der Waals surface area (Å²) < 4.78 is 21.8. The lowest BCUT2D eigenvalue weighted by molar-refractivity contribution is -0.00511. The summed E-state index contributed by atoms with van der Waals surface area (Å²) in [7, 11) is 3.31. The number of hydrogen-bond donors (Lipinski definition) is 0. The molecule has 0 heterocycles. The van der Waals surface area contributed by atoms with Crippen molar-refractivity contribution in [3.05, 3.63) is 72.3 Å². The summed E-state index contributed by atoms with van der Waals surface area (Å²) in [4.78, 5) is 0. The van der Waals surface area contributed by atoms with Crippen molar-refractivity contribution in [2.75, 3.05) is 20.8 Å². The highest BCUT2D eigenvalue weighted by molar-refractivity contribution is 5.27. The van der Waals surface area contributed by atoms with Gasteiger partial charge in [-0.05, 0) is 35.4 Å². The number of ether oxygens (including phenoxy) is 4. The van der Waals surface area contributed by atoms with E-state index in [1.807, 2.05) is 48.5 Å². The van der Waals surface area contributed by atoms with Crippen molar-refractivity contribution in [3.8, 4) is 11.5 Å². The second kappa shape index (κ2) is 9.75. The molecule has 2 aromatic rings. The molecule has 0 aromatic heterocycles. The maximum absolute atomic E-state index is 5.82. The van der Waals surface area contributed by atoms with Crippen LogP contribution in [0.1, 0.15) is 11.1 Å². The third-order valence-corrected chi connectivity index (χ3v) is 3.60. The van der Waals surface area contributed by atoms with E-state index in [0.717, 1.165) is 22.6 Å². The van der Waals surface area contributed by atoms with E-state index in [0.29, 0.717) is 19.8 Å². The van der Waals surface area contributed by atoms with Gasteiger partial charge in [0.25, 0.3) is 0 Å². The van der Waals surface area contributed by atoms with Crippen LogP contribution >= 0.6 is 0 Å². The minimum Gasteiger partial charge on any atom is -0.497 e. The Kier molecular flexibility index (Phi) is 7.33. The molecule has 0 saturated carbocycles. The zero-order valence-corrected chi connectivity index (χ0v) is 14.2. The highest BCUT2D eigenvalue weighted by atomic mass is 16.5. The number of hydrogen-bond acceptors (Lipinski definition) is 4. The molecule has 0 amide bonds. The Morgan fingerprint density at radius 3 is 1.79 bits per heavy atom. The van der Waals surface area contributed by atoms with Crippen molar-refractivity contribution in [2.24, 2.45) is 0 Å². The first-order chi connectivity index (χ1) is 11.7. The average molecular weight is 328 g/mol. The lowest BCUT2D eigenvalue weighted by Gasteiger charge is -2.15. The van der Waals surface area contributed by atoms with Crippen LogP contribution in [0.25, 0.3) is 0 Å². The van der Waals surface area contributed by atoms with Gasteiger partial charge in [-0.3, -0.25) is 0 Å². The largest absolute Gasteiger partial charge is 0.497 e. The van der Waals surface area contributed by atoms with Crippen LogP contribution in [0.15, 0.2) is 61.2 Å². The van der Waals surface area contributed by atoms with Crippen LogP contribution in [0.4, 0.5) is 0 Å². The minimum atomic E-state index is -0.148. The first kappa shape index (κ1) is 18.0. The Labute approximate surface area is 143 Å². The van der Waals surface area contributed by atoms with Gasteiger partial charge in [-0.15, -0.1) is 6.58 Å². The van der Waals surface area contributed by atoms with Crippen LogP contribution in [-0.4, -0.2) is 26.9 Å². The summed E-state index contributed by atoms with van der Waals surface area (Å²) >= 11 is 0. The highest BCUT2D eigenvalue weighted by Gasteiger charge is 2.06. The van der Waals surface area contributed by atoms with Gasteiger partial charge in [-0.25, -0.2) is 0 Å². The molecule has 128 valence electrons. The summed E-state index contributed by atoms with van der Waals surface area (Å²) in [5.74, 6) is 1.67. The molecule has 1 unspecified atom stereocenters. The molecule has 0 bridgehead atoms. The summed E-state index contributed by atoms with van der Waals surface area (Å²) in [6, 6.07) is 15.6. The normalized spacial score (nSPS) is 11.8. The van der Waals surface area contributed by atoms with Gasteiger partial charge >= 0.3 is 0 Å². The maximum atomic E-state index is 5.82. The molecule has 0 aliphatic heterocycles. The van der Waals surface area contributed by atoms with Gasteiger partial charge in [0.1, 0.15) is 11.5 Å². The Hall–Kier alpha value is -2.30. The van der Waals surface area contributed by atoms with E-state index < -0.39 is 0 Å². The lowest BCUT2D eigenvalue weighted by Crippen LogP contribution is -2.17. The van der Waals surface area contributed by atoms with E-state index >= 15 is 0 Å². The molecular formula is C20H24O4. The van der Waals surface area contributed by atoms with Crippen LogP contribution in [0.2, 0.25) is 0 Å². The highest BCUT2D eigenvalue weighted by Crippen LogP contribution is 2.14. The molecule has 0 spiro atoms. The zero-order valence-electron chi connectivity index (χ0n) is 14.2. The molecule has 0 aliphatic rings. The topological polar surface area (TPSA) is 36.9 Å². The Bertz CT molecular complexity index is 605. The molecule has 0 fully saturated rings. The van der Waals surface area contributed by atoms with Crippen molar-refractivity contribution in [1.29, 1.82) is 0 Å². The second-order valence-electron chi connectivity index (χ2n) is 5.30. The summed E-state index contributed by atoms with van der Waals surface area (Å²) in [5, 5.41) is 0. The first-order valence-corrected chi connectivity index (χ1v) is 7.83. The summed E-state index contributed by atoms with van der Waals surface area (Å²) in [6.45, 7) is 5.31. The van der Waals surface area contributed by atoms with Gasteiger partial charge in [-0.1, -0.05) is 30.3 Å². The van der Waals surface area contributed by atoms with Crippen LogP contribution in [-0.2, 0) is 22.7 Å². The average Bonchev–Trinajstić information content (AvgIpc) is 2.65. The van der Waals surface area contributed by atoms with Gasteiger partial charge < -0.3 is 18.9 Å². The van der Waals surface area contributed by atoms with Crippen molar-refractivity contribution in [3.63, 3.8) is 0 Å². The summed E-state index contributed by atoms with van der Waals surface area (Å²) in [6.07, 6.45) is 1.61. The smallest absolute Gasteiger partial charge is 0.118 e. The molecule has 0 saturated heterocycles. The SMILES string of the molecule is C=CC(COCc1ccc(OC)cc1)OCc1ccc(OC)cc1. The monoisotopic (exact) mass is 328 g/mol. The van der Waals surface area contributed by atoms with Gasteiger partial charge in [0.15, 0.2) is 0 Å². The second-order valence-corrected chi connectivity index (χ2v) is 5.30. The fourth-order valence-corrected chi connectivity index (χ4v) is 2.12. The van der Waals surface area contributed by atoms with Crippen molar-refractivity contribution >= 4 is 0 Å². The predicted octanol–water partition coefficient (Wildman–Crippen LogP) is 3.99. The van der Waals surface area contributed by atoms with Crippen LogP contribution < -0.4 is 9.47 Å². The zero-order chi connectivity index (χ0) is 17.2. The number of rotatable bonds is 10. The predicted molar refractivity (Wildman–Crippen MR) is 94.4 cm³/mol. The lowest BCUT2D eigenvalue weighted by atomic mass is 10.2. The minimum absolute atomic E-state index is 0.148. The molecule has 2 rings (SSSR count). The Morgan fingerprint density at radius 1 is 0.833 bits per heavy atom. The van der Waals surface area contributed by atoms with Crippen molar-refractivity contribution in [1.82, 2.24) is 0 Å². The van der Waals surface area contributed by atoms with E-state index in [2.05, 4.69) is 6.58 Å². The third-order valence-electron chi connectivity index (χ3n) is 3.60. The van der Waals surface area contributed by atoms with E-state index in [4.69, 9.17) is 18.9 Å². The van der Waals surface area contributed by atoms with Crippen LogP contribution in [0, 0.1) is 0 Å².